The van der Waals surface area contributed by atoms with Gasteiger partial charge in [0, 0.05) is 37.1 Å². The van der Waals surface area contributed by atoms with E-state index in [1.54, 1.807) is 24.1 Å². The Labute approximate surface area is 268 Å². The number of nitrogens with zero attached hydrogens (tertiary/aromatic N) is 2. The molecule has 3 rings (SSSR count). The lowest BCUT2D eigenvalue weighted by Crippen LogP contribution is -2.48. The molecule has 1 fully saturated rings. The number of hydrogen-bond acceptors (Lipinski definition) is 4. The Morgan fingerprint density at radius 2 is 1.33 bits per heavy atom. The van der Waals surface area contributed by atoms with Gasteiger partial charge in [-0.3, -0.25) is 5.32 Å². The van der Waals surface area contributed by atoms with E-state index >= 15 is 0 Å². The van der Waals surface area contributed by atoms with Gasteiger partial charge in [-0.1, -0.05) is 96.0 Å². The minimum Gasteiger partial charge on any atom is -0.324 e. The minimum atomic E-state index is -3.22. The number of carbonyl (C=O) groups is 1. The van der Waals surface area contributed by atoms with Gasteiger partial charge in [0.15, 0.2) is 0 Å². The molecule has 1 saturated heterocycles. The van der Waals surface area contributed by atoms with Gasteiger partial charge >= 0.3 is 6.03 Å². The average Bonchev–Trinajstić information content (AvgIpc) is 3.15. The molecule has 0 saturated carbocycles. The highest BCUT2D eigenvalue weighted by atomic mass is 32.2. The zero-order valence-electron chi connectivity index (χ0n) is 16.9. The van der Waals surface area contributed by atoms with E-state index in [2.05, 4.69) is 5.32 Å². The number of carbonyl (C=O) groups excluding carboxylic acids is 1. The second kappa shape index (κ2) is 29.1. The highest BCUT2D eigenvalue weighted by molar-refractivity contribution is 7.89. The number of benzene rings is 1. The molecule has 1 aromatic carbocycles. The Balaban J connectivity index is -0.000000107. The highest BCUT2D eigenvalue weighted by Gasteiger charge is 2.30. The maximum Gasteiger partial charge on any atom is 0.322 e. The molecule has 1 aromatic heterocycles. The van der Waals surface area contributed by atoms with E-state index in [0.29, 0.717) is 47.8 Å². The number of halogens is 2. The molecular formula is C32H73F2N3O3S2. The first kappa shape index (κ1) is 67.6. The Morgan fingerprint density at radius 1 is 0.881 bits per heavy atom. The number of urea groups is 1. The fourth-order valence-corrected chi connectivity index (χ4v) is 5.93. The van der Waals surface area contributed by atoms with Crippen molar-refractivity contribution in [3.63, 3.8) is 0 Å². The van der Waals surface area contributed by atoms with E-state index in [4.69, 9.17) is 0 Å². The Kier molecular flexibility index (Phi) is 46.7. The third kappa shape index (κ3) is 17.2. The topological polar surface area (TPSA) is 69.7 Å². The van der Waals surface area contributed by atoms with Gasteiger partial charge in [0.05, 0.1) is 10.8 Å². The second-order valence-electron chi connectivity index (χ2n) is 7.31. The summed E-state index contributed by atoms with van der Waals surface area (Å²) in [5, 5.41) is 3.37. The molecule has 6 nitrogen and oxygen atoms in total. The largest absolute Gasteiger partial charge is 0.324 e. The van der Waals surface area contributed by atoms with Crippen LogP contribution in [0.15, 0.2) is 30.3 Å². The number of piperidine rings is 1. The summed E-state index contributed by atoms with van der Waals surface area (Å²) in [5.74, 6) is -1.17. The molecule has 2 heterocycles. The summed E-state index contributed by atoms with van der Waals surface area (Å²) in [6.07, 6.45) is 1.73. The molecule has 260 valence electrons. The number of hydrogen-bond donors (Lipinski definition) is 1. The van der Waals surface area contributed by atoms with Crippen molar-refractivity contribution in [3.05, 3.63) is 42.0 Å². The van der Waals surface area contributed by atoms with Gasteiger partial charge in [-0.15, -0.1) is 11.3 Å². The standard InChI is InChI=1S/C20H25F2N3O3S2.12CH4/c1-3-10-30(27,28)25-8-6-17(7-9-25)24(2)20(26)23-19-5-4-18(29-19)14-11-15(21)13-16(22)12-14;;;;;;;;;;;;/h4-5,11-13,17H,3,6-10H2,1-2H3,(H,23,26);12*1H4. The maximum absolute atomic E-state index is 13.4. The zero-order valence-corrected chi connectivity index (χ0v) is 18.5. The molecule has 1 N–H and O–H groups in total. The summed E-state index contributed by atoms with van der Waals surface area (Å²) in [5.41, 5.74) is 0.409. The first-order valence-electron chi connectivity index (χ1n) is 9.77. The first-order chi connectivity index (χ1) is 14.2. The predicted molar refractivity (Wildman–Crippen MR) is 196 cm³/mol. The van der Waals surface area contributed by atoms with Crippen molar-refractivity contribution in [3.8, 4) is 10.4 Å². The van der Waals surface area contributed by atoms with E-state index in [1.807, 2.05) is 6.92 Å². The van der Waals surface area contributed by atoms with Crippen LogP contribution in [-0.2, 0) is 10.0 Å². The molecule has 0 aliphatic carbocycles. The van der Waals surface area contributed by atoms with Crippen LogP contribution < -0.4 is 5.32 Å². The summed E-state index contributed by atoms with van der Waals surface area (Å²) in [7, 11) is -1.53. The second-order valence-corrected chi connectivity index (χ2v) is 10.5. The number of anilines is 1. The van der Waals surface area contributed by atoms with Crippen molar-refractivity contribution >= 4 is 32.4 Å². The zero-order chi connectivity index (χ0) is 21.9. The van der Waals surface area contributed by atoms with E-state index in [-0.39, 0.29) is 107 Å². The third-order valence-corrected chi connectivity index (χ3v) is 8.26. The molecule has 1 aliphatic rings. The molecule has 1 aliphatic heterocycles. The Bertz CT molecular complexity index is 988. The fourth-order valence-electron chi connectivity index (χ4n) is 3.51. The normalized spacial score (nSPS) is 11.3. The number of nitrogens with one attached hydrogen (secondary N) is 1. The molecule has 0 atom stereocenters. The molecule has 42 heavy (non-hydrogen) atoms. The smallest absolute Gasteiger partial charge is 0.322 e. The highest BCUT2D eigenvalue weighted by Crippen LogP contribution is 2.32. The molecular weight excluding hydrogens is 577 g/mol. The van der Waals surface area contributed by atoms with E-state index in [9.17, 15) is 22.0 Å². The van der Waals surface area contributed by atoms with Gasteiger partial charge in [0.1, 0.15) is 11.6 Å². The van der Waals surface area contributed by atoms with E-state index in [0.717, 1.165) is 6.07 Å². The molecule has 2 amide bonds. The number of rotatable bonds is 6. The van der Waals surface area contributed by atoms with Crippen molar-refractivity contribution in [2.24, 2.45) is 0 Å². The van der Waals surface area contributed by atoms with Crippen molar-refractivity contribution in [2.75, 3.05) is 31.2 Å². The number of amides is 2. The molecule has 0 radical (unpaired) electrons. The summed E-state index contributed by atoms with van der Waals surface area (Å²) >= 11 is 1.23. The van der Waals surface area contributed by atoms with Crippen LogP contribution in [0.5, 0.6) is 0 Å². The van der Waals surface area contributed by atoms with Gasteiger partial charge in [-0.25, -0.2) is 26.3 Å². The van der Waals surface area contributed by atoms with E-state index < -0.39 is 21.7 Å². The van der Waals surface area contributed by atoms with Crippen LogP contribution in [0.3, 0.4) is 0 Å². The Morgan fingerprint density at radius 3 is 1.76 bits per heavy atom. The van der Waals surface area contributed by atoms with Gasteiger partial charge in [0.25, 0.3) is 0 Å². The quantitative estimate of drug-likeness (QED) is 0.338. The van der Waals surface area contributed by atoms with Crippen LogP contribution in [0.25, 0.3) is 10.4 Å². The summed E-state index contributed by atoms with van der Waals surface area (Å²) in [6, 6.07) is 6.33. The molecule has 0 spiro atoms. The van der Waals surface area contributed by atoms with Gasteiger partial charge in [-0.05, 0) is 49.1 Å². The lowest BCUT2D eigenvalue weighted by atomic mass is 10.1. The summed E-state index contributed by atoms with van der Waals surface area (Å²) < 4.78 is 52.7. The van der Waals surface area contributed by atoms with Crippen LogP contribution in [-0.4, -0.2) is 55.6 Å². The van der Waals surface area contributed by atoms with Gasteiger partial charge < -0.3 is 4.90 Å². The lowest BCUT2D eigenvalue weighted by Gasteiger charge is -2.36. The average molecular weight is 650 g/mol. The lowest BCUT2D eigenvalue weighted by molar-refractivity contribution is 0.174. The Hall–Kier alpha value is -2.04. The van der Waals surface area contributed by atoms with E-state index in [1.165, 1.54) is 27.8 Å². The van der Waals surface area contributed by atoms with Crippen molar-refractivity contribution in [1.82, 2.24) is 9.21 Å². The van der Waals surface area contributed by atoms with Gasteiger partial charge in [0.2, 0.25) is 10.0 Å². The first-order valence-corrected chi connectivity index (χ1v) is 12.2. The SMILES string of the molecule is C.C.C.C.C.C.C.C.C.C.C.C.CCCS(=O)(=O)N1CCC(N(C)C(=O)Nc2ccc(-c3cc(F)cc(F)c3)s2)CC1. The number of thiophene rings is 1. The monoisotopic (exact) mass is 650 g/mol. The van der Waals surface area contributed by atoms with Crippen molar-refractivity contribution < 1.29 is 22.0 Å². The molecule has 2 aromatic rings. The van der Waals surface area contributed by atoms with Crippen molar-refractivity contribution in [1.29, 1.82) is 0 Å². The minimum absolute atomic E-state index is 0. The maximum atomic E-state index is 13.4. The molecule has 0 bridgehead atoms. The van der Waals surface area contributed by atoms with Crippen LogP contribution in [0.4, 0.5) is 18.6 Å². The summed E-state index contributed by atoms with van der Waals surface area (Å²) in [4.78, 5) is 14.8. The van der Waals surface area contributed by atoms with Crippen LogP contribution in [0.1, 0.15) is 115 Å². The van der Waals surface area contributed by atoms with Crippen LogP contribution in [0, 0.1) is 11.6 Å². The fraction of sp³-hybridized carbons (Fsp3) is 0.656. The van der Waals surface area contributed by atoms with Crippen LogP contribution in [0.2, 0.25) is 0 Å². The third-order valence-electron chi connectivity index (χ3n) is 5.13. The molecule has 0 unspecified atom stereocenters. The summed E-state index contributed by atoms with van der Waals surface area (Å²) in [6.45, 7) is 2.64. The van der Waals surface area contributed by atoms with Crippen molar-refractivity contribution in [2.45, 2.75) is 121 Å². The van der Waals surface area contributed by atoms with Gasteiger partial charge in [-0.2, -0.15) is 0 Å². The predicted octanol–water partition coefficient (Wildman–Crippen LogP) is 12.0. The number of sulfonamides is 1. The molecule has 10 heteroatoms. The van der Waals surface area contributed by atoms with Crippen LogP contribution >= 0.6 is 11.3 Å².